The summed E-state index contributed by atoms with van der Waals surface area (Å²) in [4.78, 5) is 2.37. The highest BCUT2D eigenvalue weighted by molar-refractivity contribution is 9.09. The van der Waals surface area contributed by atoms with Gasteiger partial charge in [-0.25, -0.2) is 4.39 Å². The third-order valence-electron chi connectivity index (χ3n) is 5.25. The van der Waals surface area contributed by atoms with E-state index in [1.807, 2.05) is 12.1 Å². The molecular weight excluding hydrogens is 369 g/mol. The Bertz CT molecular complexity index is 765. The van der Waals surface area contributed by atoms with Crippen LogP contribution in [-0.4, -0.2) is 18.1 Å². The molecule has 126 valence electrons. The molecule has 4 heteroatoms. The van der Waals surface area contributed by atoms with Crippen molar-refractivity contribution in [2.45, 2.75) is 36.6 Å². The Morgan fingerprint density at radius 3 is 2.88 bits per heavy atom. The fourth-order valence-corrected chi connectivity index (χ4v) is 5.14. The van der Waals surface area contributed by atoms with Crippen molar-refractivity contribution in [1.29, 1.82) is 0 Å². The van der Waals surface area contributed by atoms with E-state index in [-0.39, 0.29) is 10.8 Å². The van der Waals surface area contributed by atoms with Gasteiger partial charge in [-0.15, -0.1) is 0 Å². The molecule has 1 spiro atoms. The van der Waals surface area contributed by atoms with E-state index in [1.54, 1.807) is 6.07 Å². The Kier molecular flexibility index (Phi) is 4.03. The molecule has 0 amide bonds. The van der Waals surface area contributed by atoms with Crippen LogP contribution in [0, 0.1) is 5.82 Å². The molecule has 2 heterocycles. The number of nitrogens with zero attached hydrogens (tertiary/aromatic N) is 1. The Balaban J connectivity index is 1.84. The Morgan fingerprint density at radius 1 is 1.21 bits per heavy atom. The zero-order valence-electron chi connectivity index (χ0n) is 13.8. The van der Waals surface area contributed by atoms with E-state index in [1.165, 1.54) is 24.6 Å². The van der Waals surface area contributed by atoms with Crippen LogP contribution in [0.1, 0.15) is 37.3 Å². The molecule has 2 aliphatic rings. The van der Waals surface area contributed by atoms with Gasteiger partial charge in [-0.1, -0.05) is 60.0 Å². The maximum Gasteiger partial charge on any atom is 0.131 e. The number of anilines is 1. The number of benzene rings is 2. The molecule has 0 N–H and O–H groups in total. The summed E-state index contributed by atoms with van der Waals surface area (Å²) in [5, 5.41) is 0. The second kappa shape index (κ2) is 6.07. The molecule has 2 aromatic rings. The lowest BCUT2D eigenvalue weighted by Crippen LogP contribution is -2.43. The van der Waals surface area contributed by atoms with E-state index in [0.29, 0.717) is 17.9 Å². The van der Waals surface area contributed by atoms with Crippen molar-refractivity contribution in [2.24, 2.45) is 0 Å². The maximum atomic E-state index is 14.8. The molecule has 0 fully saturated rings. The molecule has 2 unspecified atom stereocenters. The summed E-state index contributed by atoms with van der Waals surface area (Å²) in [6.07, 6.45) is 3.52. The molecule has 2 aliphatic heterocycles. The Morgan fingerprint density at radius 2 is 2.04 bits per heavy atom. The Hall–Kier alpha value is -1.55. The number of hydrogen-bond donors (Lipinski definition) is 0. The third-order valence-corrected chi connectivity index (χ3v) is 6.53. The van der Waals surface area contributed by atoms with E-state index in [2.05, 4.69) is 46.0 Å². The topological polar surface area (TPSA) is 12.5 Å². The van der Waals surface area contributed by atoms with Crippen LogP contribution in [0.3, 0.4) is 0 Å². The number of alkyl halides is 1. The van der Waals surface area contributed by atoms with Crippen LogP contribution in [0.5, 0.6) is 5.75 Å². The third kappa shape index (κ3) is 2.12. The van der Waals surface area contributed by atoms with E-state index < -0.39 is 5.41 Å². The number of fused-ring (bicyclic) bond motifs is 4. The van der Waals surface area contributed by atoms with Gasteiger partial charge in [-0.2, -0.15) is 0 Å². The van der Waals surface area contributed by atoms with Crippen LogP contribution in [0.15, 0.2) is 42.5 Å². The fourth-order valence-electron chi connectivity index (χ4n) is 4.11. The van der Waals surface area contributed by atoms with Crippen LogP contribution in [0.2, 0.25) is 0 Å². The van der Waals surface area contributed by atoms with Crippen LogP contribution >= 0.6 is 15.9 Å². The van der Waals surface area contributed by atoms with Crippen molar-refractivity contribution in [3.05, 3.63) is 59.4 Å². The molecule has 0 saturated carbocycles. The smallest absolute Gasteiger partial charge is 0.131 e. The molecule has 0 bridgehead atoms. The summed E-state index contributed by atoms with van der Waals surface area (Å²) in [7, 11) is 0. The molecule has 0 aliphatic carbocycles. The van der Waals surface area contributed by atoms with Gasteiger partial charge < -0.3 is 9.64 Å². The molecule has 2 atom stereocenters. The zero-order valence-corrected chi connectivity index (χ0v) is 15.4. The van der Waals surface area contributed by atoms with E-state index in [9.17, 15) is 4.39 Å². The van der Waals surface area contributed by atoms with E-state index in [4.69, 9.17) is 4.74 Å². The van der Waals surface area contributed by atoms with Gasteiger partial charge in [0.15, 0.2) is 0 Å². The monoisotopic (exact) mass is 389 g/mol. The molecule has 0 saturated heterocycles. The van der Waals surface area contributed by atoms with Crippen LogP contribution in [0.4, 0.5) is 10.1 Å². The van der Waals surface area contributed by atoms with Gasteiger partial charge in [-0.05, 0) is 30.2 Å². The van der Waals surface area contributed by atoms with Gasteiger partial charge in [0.25, 0.3) is 0 Å². The number of unbranched alkanes of at least 4 members (excludes halogenated alkanes) is 2. The second-order valence-electron chi connectivity index (χ2n) is 6.63. The van der Waals surface area contributed by atoms with Crippen LogP contribution < -0.4 is 9.64 Å². The predicted molar refractivity (Wildman–Crippen MR) is 98.7 cm³/mol. The van der Waals surface area contributed by atoms with Gasteiger partial charge in [0.05, 0.1) is 5.41 Å². The first-order valence-electron chi connectivity index (χ1n) is 8.62. The van der Waals surface area contributed by atoms with Gasteiger partial charge in [0.2, 0.25) is 0 Å². The van der Waals surface area contributed by atoms with Crippen molar-refractivity contribution in [3.8, 4) is 5.75 Å². The minimum absolute atomic E-state index is 0.00240. The molecule has 24 heavy (non-hydrogen) atoms. The maximum absolute atomic E-state index is 14.8. The SMILES string of the molecule is CCCCCN1c2ccccc2C2(COc3cccc(F)c32)C1Br. The molecule has 4 rings (SSSR count). The van der Waals surface area contributed by atoms with Crippen molar-refractivity contribution < 1.29 is 9.13 Å². The standard InChI is InChI=1S/C20H21BrFNO/c1-2-3-6-12-23-16-10-5-4-8-14(16)20(19(23)21)13-24-17-11-7-9-15(22)18(17)20/h4-5,7-11,19H,2-3,6,12-13H2,1H3. The van der Waals surface area contributed by atoms with Crippen molar-refractivity contribution in [2.75, 3.05) is 18.1 Å². The van der Waals surface area contributed by atoms with Crippen molar-refractivity contribution in [3.63, 3.8) is 0 Å². The van der Waals surface area contributed by atoms with Crippen LogP contribution in [0.25, 0.3) is 0 Å². The lowest BCUT2D eigenvalue weighted by Gasteiger charge is -2.32. The number of rotatable bonds is 4. The molecule has 2 nitrogen and oxygen atoms in total. The largest absolute Gasteiger partial charge is 0.492 e. The number of para-hydroxylation sites is 1. The number of hydrogen-bond acceptors (Lipinski definition) is 2. The minimum atomic E-state index is -0.483. The van der Waals surface area contributed by atoms with Crippen molar-refractivity contribution in [1.82, 2.24) is 0 Å². The van der Waals surface area contributed by atoms with Crippen LogP contribution in [-0.2, 0) is 5.41 Å². The minimum Gasteiger partial charge on any atom is -0.492 e. The summed E-state index contributed by atoms with van der Waals surface area (Å²) in [6, 6.07) is 13.5. The fraction of sp³-hybridized carbons (Fsp3) is 0.400. The lowest BCUT2D eigenvalue weighted by atomic mass is 9.77. The summed E-state index contributed by atoms with van der Waals surface area (Å²) >= 11 is 3.90. The van der Waals surface area contributed by atoms with Gasteiger partial charge in [-0.3, -0.25) is 0 Å². The average Bonchev–Trinajstić information content (AvgIpc) is 3.10. The van der Waals surface area contributed by atoms with Gasteiger partial charge in [0.1, 0.15) is 23.1 Å². The summed E-state index contributed by atoms with van der Waals surface area (Å²) in [6.45, 7) is 3.65. The highest BCUT2D eigenvalue weighted by atomic mass is 79.9. The summed E-state index contributed by atoms with van der Waals surface area (Å²) in [5.41, 5.74) is 2.56. The lowest BCUT2D eigenvalue weighted by molar-refractivity contribution is 0.293. The summed E-state index contributed by atoms with van der Waals surface area (Å²) in [5.74, 6) is 0.490. The molecule has 0 aromatic heterocycles. The Labute approximate surface area is 150 Å². The zero-order chi connectivity index (χ0) is 16.7. The average molecular weight is 390 g/mol. The highest BCUT2D eigenvalue weighted by Crippen LogP contribution is 2.57. The van der Waals surface area contributed by atoms with E-state index in [0.717, 1.165) is 18.5 Å². The quantitative estimate of drug-likeness (QED) is 0.403. The molecule has 2 aromatic carbocycles. The first-order valence-corrected chi connectivity index (χ1v) is 9.53. The molecule has 0 radical (unpaired) electrons. The first kappa shape index (κ1) is 15.9. The van der Waals surface area contributed by atoms with Gasteiger partial charge in [0, 0.05) is 17.8 Å². The molecular formula is C20H21BrFNO. The van der Waals surface area contributed by atoms with Gasteiger partial charge >= 0.3 is 0 Å². The number of ether oxygens (including phenoxy) is 1. The summed E-state index contributed by atoms with van der Waals surface area (Å²) < 4.78 is 20.7. The van der Waals surface area contributed by atoms with E-state index >= 15 is 0 Å². The predicted octanol–water partition coefficient (Wildman–Crippen LogP) is 5.24. The second-order valence-corrected chi connectivity index (χ2v) is 7.49. The van der Waals surface area contributed by atoms with Crippen molar-refractivity contribution >= 4 is 21.6 Å². The highest BCUT2D eigenvalue weighted by Gasteiger charge is 2.56. The first-order chi connectivity index (χ1) is 11.7. The number of halogens is 2. The normalized spacial score (nSPS) is 24.1.